The zero-order valence-corrected chi connectivity index (χ0v) is 9.04. The van der Waals surface area contributed by atoms with E-state index in [1.54, 1.807) is 7.05 Å². The van der Waals surface area contributed by atoms with Crippen molar-refractivity contribution in [3.05, 3.63) is 0 Å². The molecule has 0 atom stereocenters. The Kier molecular flexibility index (Phi) is 4.55. The van der Waals surface area contributed by atoms with Crippen LogP contribution in [0.15, 0.2) is 0 Å². The predicted octanol–water partition coefficient (Wildman–Crippen LogP) is -0.483. The van der Waals surface area contributed by atoms with Crippen molar-refractivity contribution in [2.24, 2.45) is 0 Å². The topological polar surface area (TPSA) is 101 Å². The van der Waals surface area contributed by atoms with E-state index in [-0.39, 0.29) is 5.95 Å². The molecule has 7 heteroatoms. The molecule has 0 saturated heterocycles. The van der Waals surface area contributed by atoms with Crippen LogP contribution in [-0.2, 0) is 0 Å². The standard InChI is InChI=1S/C8H17N7/c1-10-4-3-5-12-8-14-6(9)13-7(11-2)15-8/h10H,3-5H2,1-2H3,(H4,9,11,12,13,14,15). The highest BCUT2D eigenvalue weighted by Gasteiger charge is 2.01. The van der Waals surface area contributed by atoms with E-state index in [0.29, 0.717) is 11.9 Å². The van der Waals surface area contributed by atoms with E-state index in [4.69, 9.17) is 5.73 Å². The number of hydrogen-bond acceptors (Lipinski definition) is 7. The van der Waals surface area contributed by atoms with Gasteiger partial charge in [0.05, 0.1) is 0 Å². The van der Waals surface area contributed by atoms with Gasteiger partial charge in [-0.05, 0) is 20.0 Å². The lowest BCUT2D eigenvalue weighted by atomic mass is 10.4. The van der Waals surface area contributed by atoms with Crippen molar-refractivity contribution in [1.29, 1.82) is 0 Å². The number of anilines is 3. The second-order valence-electron chi connectivity index (χ2n) is 2.97. The van der Waals surface area contributed by atoms with Crippen LogP contribution < -0.4 is 21.7 Å². The number of nitrogen functional groups attached to an aromatic ring is 1. The SMILES string of the molecule is CNCCCNc1nc(N)nc(NC)n1. The molecular weight excluding hydrogens is 194 g/mol. The van der Waals surface area contributed by atoms with Crippen LogP contribution in [0.3, 0.4) is 0 Å². The van der Waals surface area contributed by atoms with Gasteiger partial charge in [-0.25, -0.2) is 0 Å². The summed E-state index contributed by atoms with van der Waals surface area (Å²) in [7, 11) is 3.65. The molecular formula is C8H17N7. The van der Waals surface area contributed by atoms with Gasteiger partial charge in [-0.3, -0.25) is 0 Å². The maximum atomic E-state index is 5.51. The molecule has 1 rings (SSSR count). The van der Waals surface area contributed by atoms with Gasteiger partial charge in [0.2, 0.25) is 17.8 Å². The van der Waals surface area contributed by atoms with Gasteiger partial charge in [-0.1, -0.05) is 0 Å². The third kappa shape index (κ3) is 3.94. The van der Waals surface area contributed by atoms with Crippen molar-refractivity contribution in [2.75, 3.05) is 43.6 Å². The maximum Gasteiger partial charge on any atom is 0.229 e. The summed E-state index contributed by atoms with van der Waals surface area (Å²) >= 11 is 0. The van der Waals surface area contributed by atoms with Crippen LogP contribution in [0.5, 0.6) is 0 Å². The van der Waals surface area contributed by atoms with E-state index in [1.807, 2.05) is 7.05 Å². The molecule has 7 nitrogen and oxygen atoms in total. The Hall–Kier alpha value is -1.63. The lowest BCUT2D eigenvalue weighted by Crippen LogP contribution is -2.15. The van der Waals surface area contributed by atoms with Crippen molar-refractivity contribution in [1.82, 2.24) is 20.3 Å². The highest BCUT2D eigenvalue weighted by atomic mass is 15.2. The quantitative estimate of drug-likeness (QED) is 0.471. The molecule has 0 aliphatic heterocycles. The van der Waals surface area contributed by atoms with Gasteiger partial charge in [-0.15, -0.1) is 0 Å². The number of hydrogen-bond donors (Lipinski definition) is 4. The molecule has 0 unspecified atom stereocenters. The van der Waals surface area contributed by atoms with E-state index in [0.717, 1.165) is 19.5 Å². The van der Waals surface area contributed by atoms with Gasteiger partial charge in [0.1, 0.15) is 0 Å². The Morgan fingerprint density at radius 2 is 1.80 bits per heavy atom. The van der Waals surface area contributed by atoms with Crippen LogP contribution in [0.1, 0.15) is 6.42 Å². The van der Waals surface area contributed by atoms with Gasteiger partial charge in [0.25, 0.3) is 0 Å². The molecule has 0 aliphatic rings. The van der Waals surface area contributed by atoms with Crippen LogP contribution in [0.4, 0.5) is 17.8 Å². The fourth-order valence-corrected chi connectivity index (χ4v) is 1.05. The minimum atomic E-state index is 0.213. The molecule has 1 aromatic rings. The van der Waals surface area contributed by atoms with E-state index in [1.165, 1.54) is 0 Å². The molecule has 0 aliphatic carbocycles. The summed E-state index contributed by atoms with van der Waals surface area (Å²) in [5.74, 6) is 1.19. The van der Waals surface area contributed by atoms with Crippen LogP contribution in [0.25, 0.3) is 0 Å². The third-order valence-corrected chi connectivity index (χ3v) is 1.76. The van der Waals surface area contributed by atoms with Crippen molar-refractivity contribution in [2.45, 2.75) is 6.42 Å². The molecule has 0 aromatic carbocycles. The average molecular weight is 211 g/mol. The summed E-state index contributed by atoms with van der Waals surface area (Å²) in [5, 5.41) is 8.95. The minimum Gasteiger partial charge on any atom is -0.368 e. The number of nitrogens with one attached hydrogen (secondary N) is 3. The Morgan fingerprint density at radius 3 is 2.47 bits per heavy atom. The molecule has 1 heterocycles. The second kappa shape index (κ2) is 5.97. The zero-order valence-electron chi connectivity index (χ0n) is 9.04. The molecule has 5 N–H and O–H groups in total. The normalized spacial score (nSPS) is 10.0. The van der Waals surface area contributed by atoms with E-state index < -0.39 is 0 Å². The first kappa shape index (κ1) is 11.4. The summed E-state index contributed by atoms with van der Waals surface area (Å²) in [6.45, 7) is 1.75. The van der Waals surface area contributed by atoms with Crippen molar-refractivity contribution in [3.63, 3.8) is 0 Å². The number of rotatable bonds is 6. The Bertz CT molecular complexity index is 301. The van der Waals surface area contributed by atoms with Crippen molar-refractivity contribution in [3.8, 4) is 0 Å². The van der Waals surface area contributed by atoms with Gasteiger partial charge < -0.3 is 21.7 Å². The van der Waals surface area contributed by atoms with Crippen LogP contribution in [0, 0.1) is 0 Å². The summed E-state index contributed by atoms with van der Waals surface area (Å²) in [4.78, 5) is 12.0. The van der Waals surface area contributed by atoms with Gasteiger partial charge in [0, 0.05) is 13.6 Å². The van der Waals surface area contributed by atoms with Gasteiger partial charge in [0.15, 0.2) is 0 Å². The zero-order chi connectivity index (χ0) is 11.1. The Morgan fingerprint density at radius 1 is 1.07 bits per heavy atom. The smallest absolute Gasteiger partial charge is 0.229 e. The maximum absolute atomic E-state index is 5.51. The number of aromatic nitrogens is 3. The van der Waals surface area contributed by atoms with Gasteiger partial charge >= 0.3 is 0 Å². The minimum absolute atomic E-state index is 0.213. The molecule has 0 fully saturated rings. The third-order valence-electron chi connectivity index (χ3n) is 1.76. The highest BCUT2D eigenvalue weighted by molar-refractivity contribution is 5.39. The van der Waals surface area contributed by atoms with Crippen molar-refractivity contribution < 1.29 is 0 Å². The molecule has 0 bridgehead atoms. The van der Waals surface area contributed by atoms with E-state index in [2.05, 4.69) is 30.9 Å². The summed E-state index contributed by atoms with van der Waals surface area (Å²) in [6, 6.07) is 0. The first-order valence-corrected chi connectivity index (χ1v) is 4.84. The van der Waals surface area contributed by atoms with Crippen LogP contribution in [0.2, 0.25) is 0 Å². The Labute approximate surface area is 88.9 Å². The number of nitrogens with zero attached hydrogens (tertiary/aromatic N) is 3. The van der Waals surface area contributed by atoms with Crippen LogP contribution >= 0.6 is 0 Å². The fraction of sp³-hybridized carbons (Fsp3) is 0.625. The lowest BCUT2D eigenvalue weighted by molar-refractivity contribution is 0.745. The predicted molar refractivity (Wildman–Crippen MR) is 60.8 cm³/mol. The molecule has 15 heavy (non-hydrogen) atoms. The van der Waals surface area contributed by atoms with Crippen molar-refractivity contribution >= 4 is 17.8 Å². The fourth-order valence-electron chi connectivity index (χ4n) is 1.05. The van der Waals surface area contributed by atoms with Gasteiger partial charge in [-0.2, -0.15) is 15.0 Å². The monoisotopic (exact) mass is 211 g/mol. The Balaban J connectivity index is 2.49. The molecule has 1 aromatic heterocycles. The molecule has 0 amide bonds. The first-order chi connectivity index (χ1) is 7.26. The first-order valence-electron chi connectivity index (χ1n) is 4.84. The largest absolute Gasteiger partial charge is 0.368 e. The summed E-state index contributed by atoms with van der Waals surface area (Å²) < 4.78 is 0. The summed E-state index contributed by atoms with van der Waals surface area (Å²) in [5.41, 5.74) is 5.51. The highest BCUT2D eigenvalue weighted by Crippen LogP contribution is 2.05. The molecule has 0 spiro atoms. The van der Waals surface area contributed by atoms with E-state index in [9.17, 15) is 0 Å². The van der Waals surface area contributed by atoms with Crippen LogP contribution in [-0.4, -0.2) is 42.1 Å². The summed E-state index contributed by atoms with van der Waals surface area (Å²) in [6.07, 6.45) is 0.997. The number of nitrogens with two attached hydrogens (primary N) is 1. The molecule has 0 saturated carbocycles. The lowest BCUT2D eigenvalue weighted by Gasteiger charge is -2.06. The molecule has 84 valence electrons. The van der Waals surface area contributed by atoms with E-state index >= 15 is 0 Å². The molecule has 0 radical (unpaired) electrons. The second-order valence-corrected chi connectivity index (χ2v) is 2.97. The average Bonchev–Trinajstić information content (AvgIpc) is 2.23.